The molecule has 0 fully saturated rings. The van der Waals surface area contributed by atoms with Gasteiger partial charge in [-0.1, -0.05) is 42.3 Å². The minimum atomic E-state index is -4.51. The van der Waals surface area contributed by atoms with Gasteiger partial charge in [0.2, 0.25) is 15.9 Å². The van der Waals surface area contributed by atoms with E-state index in [1.54, 1.807) is 6.92 Å². The maximum atomic E-state index is 12.9. The molecule has 0 aromatic heterocycles. The average Bonchev–Trinajstić information content (AvgIpc) is 2.61. The number of nitrogens with zero attached hydrogens (tertiary/aromatic N) is 1. The minimum Gasteiger partial charge on any atom is -0.350 e. The molecule has 0 saturated heterocycles. The van der Waals surface area contributed by atoms with Crippen molar-refractivity contribution in [1.82, 2.24) is 5.32 Å². The molecule has 1 N–H and O–H groups in total. The van der Waals surface area contributed by atoms with Gasteiger partial charge >= 0.3 is 6.18 Å². The van der Waals surface area contributed by atoms with Crippen LogP contribution in [0.15, 0.2) is 42.5 Å². The van der Waals surface area contributed by atoms with Gasteiger partial charge in [-0.15, -0.1) is 0 Å². The lowest BCUT2D eigenvalue weighted by Crippen LogP contribution is -2.49. The van der Waals surface area contributed by atoms with Crippen LogP contribution in [0, 0.1) is 0 Å². The number of halogens is 5. The van der Waals surface area contributed by atoms with Crippen molar-refractivity contribution in [2.45, 2.75) is 32.1 Å². The second kappa shape index (κ2) is 9.45. The molecule has 0 aliphatic heterocycles. The Bertz CT molecular complexity index is 1010. The SMILES string of the molecule is CC[C@H](C(=O)NCc1cccc(C(F)(F)F)c1)N(c1cc(Cl)cc(Cl)c1)S(C)(=O)=O. The number of nitrogens with one attached hydrogen (secondary N) is 1. The van der Waals surface area contributed by atoms with Crippen LogP contribution in [-0.4, -0.2) is 26.6 Å². The fourth-order valence-corrected chi connectivity index (χ4v) is 4.60. The first-order valence-electron chi connectivity index (χ1n) is 8.72. The quantitative estimate of drug-likeness (QED) is 0.611. The topological polar surface area (TPSA) is 66.5 Å². The summed E-state index contributed by atoms with van der Waals surface area (Å²) in [4.78, 5) is 12.8. The summed E-state index contributed by atoms with van der Waals surface area (Å²) in [6.45, 7) is 1.41. The Morgan fingerprint density at radius 1 is 1.13 bits per heavy atom. The van der Waals surface area contributed by atoms with Crippen molar-refractivity contribution < 1.29 is 26.4 Å². The normalized spacial score (nSPS) is 13.0. The predicted molar refractivity (Wildman–Crippen MR) is 111 cm³/mol. The Morgan fingerprint density at radius 3 is 2.23 bits per heavy atom. The van der Waals surface area contributed by atoms with Gasteiger partial charge < -0.3 is 5.32 Å². The Kier molecular flexibility index (Phi) is 7.65. The van der Waals surface area contributed by atoms with Crippen molar-refractivity contribution in [3.05, 3.63) is 63.6 Å². The lowest BCUT2D eigenvalue weighted by Gasteiger charge is -2.30. The number of hydrogen-bond donors (Lipinski definition) is 1. The van der Waals surface area contributed by atoms with E-state index < -0.39 is 33.7 Å². The molecule has 0 bridgehead atoms. The van der Waals surface area contributed by atoms with Crippen LogP contribution in [0.1, 0.15) is 24.5 Å². The Hall–Kier alpha value is -1.97. The van der Waals surface area contributed by atoms with Crippen molar-refractivity contribution in [3.8, 4) is 0 Å². The number of carbonyl (C=O) groups is 1. The van der Waals surface area contributed by atoms with E-state index in [0.717, 1.165) is 22.7 Å². The summed E-state index contributed by atoms with van der Waals surface area (Å²) in [7, 11) is -3.91. The van der Waals surface area contributed by atoms with Gasteiger partial charge in [-0.3, -0.25) is 9.10 Å². The molecule has 30 heavy (non-hydrogen) atoms. The zero-order valence-corrected chi connectivity index (χ0v) is 18.3. The molecule has 2 aromatic rings. The van der Waals surface area contributed by atoms with Crippen molar-refractivity contribution in [2.75, 3.05) is 10.6 Å². The molecule has 11 heteroatoms. The molecule has 0 aliphatic rings. The van der Waals surface area contributed by atoms with Crippen LogP contribution in [0.3, 0.4) is 0 Å². The number of alkyl halides is 3. The van der Waals surface area contributed by atoms with E-state index >= 15 is 0 Å². The fraction of sp³-hybridized carbons (Fsp3) is 0.316. The highest BCUT2D eigenvalue weighted by Gasteiger charge is 2.32. The summed E-state index contributed by atoms with van der Waals surface area (Å²) in [6.07, 6.45) is -3.47. The van der Waals surface area contributed by atoms with Crippen LogP contribution in [0.5, 0.6) is 0 Å². The number of sulfonamides is 1. The zero-order valence-electron chi connectivity index (χ0n) is 16.0. The molecule has 2 rings (SSSR count). The number of hydrogen-bond acceptors (Lipinski definition) is 3. The molecule has 0 aliphatic carbocycles. The summed E-state index contributed by atoms with van der Waals surface area (Å²) < 4.78 is 64.3. The number of benzene rings is 2. The second-order valence-electron chi connectivity index (χ2n) is 6.53. The van der Waals surface area contributed by atoms with Crippen LogP contribution in [0.4, 0.5) is 18.9 Å². The summed E-state index contributed by atoms with van der Waals surface area (Å²) in [5.74, 6) is -0.670. The molecule has 0 heterocycles. The Morgan fingerprint density at radius 2 is 1.73 bits per heavy atom. The molecule has 0 spiro atoms. The maximum Gasteiger partial charge on any atom is 0.416 e. The third-order valence-corrected chi connectivity index (χ3v) is 5.77. The van der Waals surface area contributed by atoms with Gasteiger partial charge in [-0.25, -0.2) is 8.42 Å². The summed E-state index contributed by atoms with van der Waals surface area (Å²) in [5.41, 5.74) is -0.506. The fourth-order valence-electron chi connectivity index (χ4n) is 2.89. The number of amides is 1. The molecule has 5 nitrogen and oxygen atoms in total. The van der Waals surface area contributed by atoms with Crippen LogP contribution in [-0.2, 0) is 27.5 Å². The van der Waals surface area contributed by atoms with E-state index in [4.69, 9.17) is 23.2 Å². The van der Waals surface area contributed by atoms with Crippen LogP contribution >= 0.6 is 23.2 Å². The molecule has 1 amide bonds. The third kappa shape index (κ3) is 6.26. The van der Waals surface area contributed by atoms with Gasteiger partial charge in [-0.05, 0) is 42.3 Å². The summed E-state index contributed by atoms with van der Waals surface area (Å²) in [6, 6.07) is 7.50. The average molecular weight is 483 g/mol. The van der Waals surface area contributed by atoms with Crippen LogP contribution in [0.2, 0.25) is 10.0 Å². The molecular formula is C19H19Cl2F3N2O3S. The van der Waals surface area contributed by atoms with Gasteiger partial charge in [0.25, 0.3) is 0 Å². The van der Waals surface area contributed by atoms with Crippen molar-refractivity contribution in [1.29, 1.82) is 0 Å². The van der Waals surface area contributed by atoms with Crippen LogP contribution < -0.4 is 9.62 Å². The Labute approximate surface area is 182 Å². The largest absolute Gasteiger partial charge is 0.416 e. The molecule has 0 saturated carbocycles. The van der Waals surface area contributed by atoms with Crippen molar-refractivity contribution in [2.24, 2.45) is 0 Å². The van der Waals surface area contributed by atoms with E-state index in [0.29, 0.717) is 0 Å². The zero-order chi connectivity index (χ0) is 22.7. The van der Waals surface area contributed by atoms with E-state index in [2.05, 4.69) is 5.32 Å². The second-order valence-corrected chi connectivity index (χ2v) is 9.26. The van der Waals surface area contributed by atoms with Gasteiger partial charge in [-0.2, -0.15) is 13.2 Å². The van der Waals surface area contributed by atoms with E-state index in [1.807, 2.05) is 0 Å². The first-order valence-corrected chi connectivity index (χ1v) is 11.3. The van der Waals surface area contributed by atoms with E-state index in [-0.39, 0.29) is 34.3 Å². The number of rotatable bonds is 7. The van der Waals surface area contributed by atoms with Gasteiger partial charge in [0.05, 0.1) is 17.5 Å². The molecule has 0 radical (unpaired) electrons. The lowest BCUT2D eigenvalue weighted by atomic mass is 10.1. The van der Waals surface area contributed by atoms with Crippen LogP contribution in [0.25, 0.3) is 0 Å². The predicted octanol–water partition coefficient (Wildman–Crippen LogP) is 4.87. The molecule has 0 unspecified atom stereocenters. The first-order chi connectivity index (χ1) is 13.8. The molecule has 1 atom stereocenters. The minimum absolute atomic E-state index is 0.103. The number of carbonyl (C=O) groups excluding carboxylic acids is 1. The standard InChI is InChI=1S/C19H19Cl2F3N2O3S/c1-3-17(26(30(2,28)29)16-9-14(20)8-15(21)10-16)18(27)25-11-12-5-4-6-13(7-12)19(22,23)24/h4-10,17H,3,11H2,1-2H3,(H,25,27)/t17-/m1/s1. The van der Waals surface area contributed by atoms with Crippen molar-refractivity contribution >= 4 is 44.8 Å². The van der Waals surface area contributed by atoms with E-state index in [1.165, 1.54) is 30.3 Å². The highest BCUT2D eigenvalue weighted by Crippen LogP contribution is 2.30. The highest BCUT2D eigenvalue weighted by atomic mass is 35.5. The smallest absolute Gasteiger partial charge is 0.350 e. The summed E-state index contributed by atoms with van der Waals surface area (Å²) in [5, 5.41) is 2.87. The lowest BCUT2D eigenvalue weighted by molar-refractivity contribution is -0.137. The number of anilines is 1. The van der Waals surface area contributed by atoms with Gasteiger partial charge in [0.15, 0.2) is 0 Å². The highest BCUT2D eigenvalue weighted by molar-refractivity contribution is 7.92. The van der Waals surface area contributed by atoms with Crippen molar-refractivity contribution in [3.63, 3.8) is 0 Å². The molecule has 164 valence electrons. The maximum absolute atomic E-state index is 12.9. The monoisotopic (exact) mass is 482 g/mol. The molecular weight excluding hydrogens is 464 g/mol. The van der Waals surface area contributed by atoms with E-state index in [9.17, 15) is 26.4 Å². The van der Waals surface area contributed by atoms with Gasteiger partial charge in [0, 0.05) is 16.6 Å². The van der Waals surface area contributed by atoms with Gasteiger partial charge in [0.1, 0.15) is 6.04 Å². The summed E-state index contributed by atoms with van der Waals surface area (Å²) >= 11 is 11.9. The first kappa shape index (κ1) is 24.3. The molecule has 2 aromatic carbocycles. The Balaban J connectivity index is 2.28. The third-order valence-electron chi connectivity index (χ3n) is 4.15.